The van der Waals surface area contributed by atoms with Gasteiger partial charge in [-0.25, -0.2) is 4.39 Å². The number of furan rings is 1. The molecule has 3 aromatic rings. The molecule has 0 bridgehead atoms. The summed E-state index contributed by atoms with van der Waals surface area (Å²) < 4.78 is 23.9. The Bertz CT molecular complexity index is 888. The van der Waals surface area contributed by atoms with Crippen molar-refractivity contribution in [2.45, 2.75) is 6.92 Å². The molecule has 1 amide bonds. The van der Waals surface area contributed by atoms with Gasteiger partial charge in [-0.1, -0.05) is 0 Å². The number of nitrogens with two attached hydrogens (primary N) is 1. The molecule has 6 heteroatoms. The zero-order chi connectivity index (χ0) is 17.8. The Morgan fingerprint density at radius 3 is 2.60 bits per heavy atom. The van der Waals surface area contributed by atoms with Gasteiger partial charge in [-0.3, -0.25) is 4.79 Å². The maximum absolute atomic E-state index is 13.0. The molecule has 3 N–H and O–H groups in total. The summed E-state index contributed by atoms with van der Waals surface area (Å²) in [5.41, 5.74) is 7.47. The van der Waals surface area contributed by atoms with Gasteiger partial charge in [0.15, 0.2) is 5.76 Å². The lowest BCUT2D eigenvalue weighted by molar-refractivity contribution is 0.0997. The first kappa shape index (κ1) is 16.6. The van der Waals surface area contributed by atoms with E-state index in [9.17, 15) is 9.18 Å². The van der Waals surface area contributed by atoms with Gasteiger partial charge in [0.25, 0.3) is 5.91 Å². The smallest absolute Gasteiger partial charge is 0.291 e. The van der Waals surface area contributed by atoms with Crippen LogP contribution in [0.25, 0.3) is 11.3 Å². The Morgan fingerprint density at radius 1 is 1.16 bits per heavy atom. The Morgan fingerprint density at radius 2 is 1.92 bits per heavy atom. The van der Waals surface area contributed by atoms with Crippen LogP contribution in [-0.4, -0.2) is 12.5 Å². The number of hydrogen-bond donors (Lipinski definition) is 2. The molecule has 1 heterocycles. The minimum Gasteiger partial charge on any atom is -0.494 e. The average molecular weight is 340 g/mol. The summed E-state index contributed by atoms with van der Waals surface area (Å²) in [6.45, 7) is 2.41. The first-order valence-electron chi connectivity index (χ1n) is 7.76. The van der Waals surface area contributed by atoms with Crippen molar-refractivity contribution in [1.82, 2.24) is 0 Å². The van der Waals surface area contributed by atoms with Crippen LogP contribution < -0.4 is 15.8 Å². The molecule has 3 rings (SSSR count). The molecule has 0 aliphatic carbocycles. The Hall–Kier alpha value is -3.28. The topological polar surface area (TPSA) is 77.5 Å². The SMILES string of the molecule is CCOc1ccc(NC(=O)c2ccc(-c3ccc(F)cc3)o2)c(N)c1. The van der Waals surface area contributed by atoms with Gasteiger partial charge >= 0.3 is 0 Å². The normalized spacial score (nSPS) is 10.5. The average Bonchev–Trinajstić information content (AvgIpc) is 3.08. The van der Waals surface area contributed by atoms with Crippen LogP contribution in [-0.2, 0) is 0 Å². The molecule has 1 aromatic heterocycles. The van der Waals surface area contributed by atoms with Gasteiger partial charge < -0.3 is 20.2 Å². The van der Waals surface area contributed by atoms with Crippen LogP contribution in [0.4, 0.5) is 15.8 Å². The molecule has 128 valence electrons. The zero-order valence-electron chi connectivity index (χ0n) is 13.6. The second-order valence-corrected chi connectivity index (χ2v) is 5.31. The highest BCUT2D eigenvalue weighted by atomic mass is 19.1. The number of anilines is 2. The Kier molecular flexibility index (Phi) is 4.70. The first-order chi connectivity index (χ1) is 12.1. The lowest BCUT2D eigenvalue weighted by Gasteiger charge is -2.09. The zero-order valence-corrected chi connectivity index (χ0v) is 13.6. The van der Waals surface area contributed by atoms with Gasteiger partial charge in [-0.2, -0.15) is 0 Å². The third-order valence-corrected chi connectivity index (χ3v) is 3.54. The molecule has 0 radical (unpaired) electrons. The highest BCUT2D eigenvalue weighted by molar-refractivity contribution is 6.04. The van der Waals surface area contributed by atoms with Crippen molar-refractivity contribution in [2.24, 2.45) is 0 Å². The lowest BCUT2D eigenvalue weighted by Crippen LogP contribution is -2.12. The van der Waals surface area contributed by atoms with E-state index in [-0.39, 0.29) is 11.6 Å². The molecule has 0 saturated heterocycles. The standard InChI is InChI=1S/C19H17FN2O3/c1-2-24-14-7-8-16(15(21)11-14)22-19(23)18-10-9-17(25-18)12-3-5-13(20)6-4-12/h3-11H,2,21H2,1H3,(H,22,23). The highest BCUT2D eigenvalue weighted by Gasteiger charge is 2.14. The quantitative estimate of drug-likeness (QED) is 0.678. The molecule has 0 spiro atoms. The molecule has 0 fully saturated rings. The number of ether oxygens (including phenoxy) is 1. The lowest BCUT2D eigenvalue weighted by atomic mass is 10.2. The van der Waals surface area contributed by atoms with E-state index in [1.54, 1.807) is 42.5 Å². The summed E-state index contributed by atoms with van der Waals surface area (Å²) in [6, 6.07) is 14.1. The summed E-state index contributed by atoms with van der Waals surface area (Å²) in [4.78, 5) is 12.3. The summed E-state index contributed by atoms with van der Waals surface area (Å²) in [5.74, 6) is 0.482. The molecular formula is C19H17FN2O3. The molecule has 0 saturated carbocycles. The second-order valence-electron chi connectivity index (χ2n) is 5.31. The van der Waals surface area contributed by atoms with Crippen molar-refractivity contribution in [1.29, 1.82) is 0 Å². The fourth-order valence-corrected chi connectivity index (χ4v) is 2.32. The minimum absolute atomic E-state index is 0.132. The molecule has 2 aromatic carbocycles. The van der Waals surface area contributed by atoms with Crippen molar-refractivity contribution < 1.29 is 18.3 Å². The van der Waals surface area contributed by atoms with Gasteiger partial charge in [-0.15, -0.1) is 0 Å². The molecule has 0 aliphatic rings. The summed E-state index contributed by atoms with van der Waals surface area (Å²) >= 11 is 0. The van der Waals surface area contributed by atoms with Gasteiger partial charge in [0.2, 0.25) is 0 Å². The van der Waals surface area contributed by atoms with Crippen LogP contribution in [0, 0.1) is 5.82 Å². The molecule has 0 aliphatic heterocycles. The third-order valence-electron chi connectivity index (χ3n) is 3.54. The van der Waals surface area contributed by atoms with Crippen molar-refractivity contribution in [3.05, 3.63) is 66.2 Å². The van der Waals surface area contributed by atoms with E-state index in [4.69, 9.17) is 14.9 Å². The molecule has 25 heavy (non-hydrogen) atoms. The monoisotopic (exact) mass is 340 g/mol. The van der Waals surface area contributed by atoms with Crippen molar-refractivity contribution >= 4 is 17.3 Å². The number of hydrogen-bond acceptors (Lipinski definition) is 4. The molecule has 0 atom stereocenters. The number of carbonyl (C=O) groups excluding carboxylic acids is 1. The predicted octanol–water partition coefficient (Wildman–Crippen LogP) is 4.32. The van der Waals surface area contributed by atoms with Crippen LogP contribution in [0.5, 0.6) is 5.75 Å². The van der Waals surface area contributed by atoms with E-state index in [1.165, 1.54) is 12.1 Å². The van der Waals surface area contributed by atoms with Crippen LogP contribution in [0.3, 0.4) is 0 Å². The van der Waals surface area contributed by atoms with Crippen LogP contribution >= 0.6 is 0 Å². The number of carbonyl (C=O) groups is 1. The third kappa shape index (κ3) is 3.80. The predicted molar refractivity (Wildman–Crippen MR) is 94.1 cm³/mol. The number of nitrogen functional groups attached to an aromatic ring is 1. The fraction of sp³-hybridized carbons (Fsp3) is 0.105. The maximum atomic E-state index is 13.0. The van der Waals surface area contributed by atoms with Crippen LogP contribution in [0.15, 0.2) is 59.0 Å². The highest BCUT2D eigenvalue weighted by Crippen LogP contribution is 2.26. The number of amides is 1. The second kappa shape index (κ2) is 7.09. The largest absolute Gasteiger partial charge is 0.494 e. The maximum Gasteiger partial charge on any atom is 0.291 e. The summed E-state index contributed by atoms with van der Waals surface area (Å²) in [6.07, 6.45) is 0. The number of rotatable bonds is 5. The van der Waals surface area contributed by atoms with Gasteiger partial charge in [-0.05, 0) is 55.5 Å². The van der Waals surface area contributed by atoms with Gasteiger partial charge in [0.05, 0.1) is 18.0 Å². The van der Waals surface area contributed by atoms with E-state index in [0.29, 0.717) is 35.1 Å². The molecule has 0 unspecified atom stereocenters. The van der Waals surface area contributed by atoms with E-state index in [1.807, 2.05) is 6.92 Å². The van der Waals surface area contributed by atoms with E-state index in [2.05, 4.69) is 5.32 Å². The van der Waals surface area contributed by atoms with Gasteiger partial charge in [0.1, 0.15) is 17.3 Å². The van der Waals surface area contributed by atoms with Gasteiger partial charge in [0, 0.05) is 11.6 Å². The minimum atomic E-state index is -0.427. The fourth-order valence-electron chi connectivity index (χ4n) is 2.32. The summed E-state index contributed by atoms with van der Waals surface area (Å²) in [5, 5.41) is 2.70. The number of halogens is 1. The molecular weight excluding hydrogens is 323 g/mol. The van der Waals surface area contributed by atoms with E-state index >= 15 is 0 Å². The van der Waals surface area contributed by atoms with Crippen LogP contribution in [0.1, 0.15) is 17.5 Å². The van der Waals surface area contributed by atoms with E-state index < -0.39 is 5.91 Å². The van der Waals surface area contributed by atoms with Crippen molar-refractivity contribution in [3.63, 3.8) is 0 Å². The summed E-state index contributed by atoms with van der Waals surface area (Å²) in [7, 11) is 0. The van der Waals surface area contributed by atoms with Crippen molar-refractivity contribution in [2.75, 3.05) is 17.7 Å². The van der Waals surface area contributed by atoms with Crippen molar-refractivity contribution in [3.8, 4) is 17.1 Å². The Labute approximate surface area is 144 Å². The number of benzene rings is 2. The molecule has 5 nitrogen and oxygen atoms in total. The van der Waals surface area contributed by atoms with Crippen LogP contribution in [0.2, 0.25) is 0 Å². The number of nitrogens with one attached hydrogen (secondary N) is 1. The first-order valence-corrected chi connectivity index (χ1v) is 7.76. The van der Waals surface area contributed by atoms with E-state index in [0.717, 1.165) is 0 Å². The Balaban J connectivity index is 1.75.